The quantitative estimate of drug-likeness (QED) is 0.764. The zero-order valence-corrected chi connectivity index (χ0v) is 13.2. The van der Waals surface area contributed by atoms with Gasteiger partial charge in [-0.2, -0.15) is 8.78 Å². The molecule has 1 unspecified atom stereocenters. The summed E-state index contributed by atoms with van der Waals surface area (Å²) in [5.41, 5.74) is 0.443. The fourth-order valence-corrected chi connectivity index (χ4v) is 2.95. The van der Waals surface area contributed by atoms with Gasteiger partial charge in [-0.3, -0.25) is 0 Å². The highest BCUT2D eigenvalue weighted by atomic mass is 79.9. The van der Waals surface area contributed by atoms with Crippen LogP contribution in [0.5, 0.6) is 5.75 Å². The zero-order valence-electron chi connectivity index (χ0n) is 10.8. The first-order chi connectivity index (χ1) is 9.51. The van der Waals surface area contributed by atoms with Crippen LogP contribution in [-0.4, -0.2) is 26.4 Å². The van der Waals surface area contributed by atoms with Crippen LogP contribution >= 0.6 is 27.5 Å². The molecule has 0 bridgehead atoms. The SMILES string of the molecule is COCC(Nc1cc(Cl)cc(Br)c1OC(F)F)C1CC1. The molecule has 1 atom stereocenters. The molecule has 0 radical (unpaired) electrons. The van der Waals surface area contributed by atoms with E-state index in [1.54, 1.807) is 13.2 Å². The van der Waals surface area contributed by atoms with Crippen molar-refractivity contribution in [2.75, 3.05) is 19.0 Å². The van der Waals surface area contributed by atoms with Crippen molar-refractivity contribution in [3.05, 3.63) is 21.6 Å². The first-order valence-electron chi connectivity index (χ1n) is 6.20. The molecule has 0 amide bonds. The molecular weight excluding hydrogens is 356 g/mol. The van der Waals surface area contributed by atoms with Crippen LogP contribution in [0, 0.1) is 5.92 Å². The fraction of sp³-hybridized carbons (Fsp3) is 0.538. The van der Waals surface area contributed by atoms with Crippen LogP contribution < -0.4 is 10.1 Å². The molecule has 1 fully saturated rings. The molecule has 0 spiro atoms. The van der Waals surface area contributed by atoms with E-state index in [2.05, 4.69) is 26.0 Å². The molecular formula is C13H15BrClF2NO2. The van der Waals surface area contributed by atoms with Crippen LogP contribution in [-0.2, 0) is 4.74 Å². The highest BCUT2D eigenvalue weighted by Gasteiger charge is 2.32. The Kier molecular flexibility index (Phi) is 5.46. The summed E-state index contributed by atoms with van der Waals surface area (Å²) < 4.78 is 35.1. The summed E-state index contributed by atoms with van der Waals surface area (Å²) in [6.45, 7) is -2.39. The Morgan fingerprint density at radius 1 is 1.45 bits per heavy atom. The standard InChI is InChI=1S/C13H15BrClF2NO2/c1-19-6-11(7-2-3-7)18-10-5-8(15)4-9(14)12(10)20-13(16)17/h4-5,7,11,13,18H,2-3,6H2,1H3. The van der Waals surface area contributed by atoms with Crippen LogP contribution in [0.25, 0.3) is 0 Å². The maximum Gasteiger partial charge on any atom is 0.387 e. The highest BCUT2D eigenvalue weighted by molar-refractivity contribution is 9.10. The minimum absolute atomic E-state index is 0.0605. The predicted molar refractivity (Wildman–Crippen MR) is 77.8 cm³/mol. The minimum atomic E-state index is -2.89. The normalized spacial score (nSPS) is 16.3. The smallest absolute Gasteiger partial charge is 0.387 e. The van der Waals surface area contributed by atoms with Gasteiger partial charge in [0, 0.05) is 12.1 Å². The second-order valence-corrected chi connectivity index (χ2v) is 5.98. The maximum absolute atomic E-state index is 12.5. The van der Waals surface area contributed by atoms with Crippen molar-refractivity contribution in [3.8, 4) is 5.75 Å². The minimum Gasteiger partial charge on any atom is -0.431 e. The van der Waals surface area contributed by atoms with E-state index in [4.69, 9.17) is 16.3 Å². The molecule has 1 saturated carbocycles. The van der Waals surface area contributed by atoms with Gasteiger partial charge in [-0.05, 0) is 46.8 Å². The van der Waals surface area contributed by atoms with Crippen LogP contribution in [0.2, 0.25) is 5.02 Å². The third-order valence-corrected chi connectivity index (χ3v) is 3.90. The molecule has 1 aliphatic rings. The van der Waals surface area contributed by atoms with E-state index in [-0.39, 0.29) is 11.8 Å². The number of methoxy groups -OCH3 is 1. The lowest BCUT2D eigenvalue weighted by atomic mass is 10.1. The summed E-state index contributed by atoms with van der Waals surface area (Å²) in [5, 5.41) is 3.64. The molecule has 1 aliphatic carbocycles. The molecule has 3 nitrogen and oxygen atoms in total. The molecule has 7 heteroatoms. The molecule has 0 aliphatic heterocycles. The van der Waals surface area contributed by atoms with Crippen LogP contribution in [0.1, 0.15) is 12.8 Å². The fourth-order valence-electron chi connectivity index (χ4n) is 2.05. The number of halogens is 4. The largest absolute Gasteiger partial charge is 0.431 e. The van der Waals surface area contributed by atoms with Crippen molar-refractivity contribution in [1.82, 2.24) is 0 Å². The van der Waals surface area contributed by atoms with Gasteiger partial charge in [0.1, 0.15) is 0 Å². The van der Waals surface area contributed by atoms with Crippen molar-refractivity contribution < 1.29 is 18.3 Å². The lowest BCUT2D eigenvalue weighted by molar-refractivity contribution is -0.0499. The second-order valence-electron chi connectivity index (χ2n) is 4.69. The van der Waals surface area contributed by atoms with Crippen LogP contribution in [0.4, 0.5) is 14.5 Å². The number of hydrogen-bond donors (Lipinski definition) is 1. The third kappa shape index (κ3) is 4.20. The van der Waals surface area contributed by atoms with Gasteiger partial charge in [-0.25, -0.2) is 0 Å². The van der Waals surface area contributed by atoms with E-state index >= 15 is 0 Å². The van der Waals surface area contributed by atoms with Crippen LogP contribution in [0.3, 0.4) is 0 Å². The molecule has 2 rings (SSSR count). The Bertz CT molecular complexity index is 472. The summed E-state index contributed by atoms with van der Waals surface area (Å²) in [6.07, 6.45) is 2.21. The van der Waals surface area contributed by atoms with Crippen molar-refractivity contribution >= 4 is 33.2 Å². The lowest BCUT2D eigenvalue weighted by Gasteiger charge is -2.21. The first kappa shape index (κ1) is 15.8. The van der Waals surface area contributed by atoms with Crippen molar-refractivity contribution in [2.24, 2.45) is 5.92 Å². The van der Waals surface area contributed by atoms with Crippen molar-refractivity contribution in [3.63, 3.8) is 0 Å². The van der Waals surface area contributed by atoms with Gasteiger partial charge in [0.05, 0.1) is 22.8 Å². The van der Waals surface area contributed by atoms with E-state index in [0.29, 0.717) is 27.7 Å². The monoisotopic (exact) mass is 369 g/mol. The summed E-state index contributed by atoms with van der Waals surface area (Å²) >= 11 is 9.16. The van der Waals surface area contributed by atoms with E-state index in [1.165, 1.54) is 6.07 Å². The molecule has 1 N–H and O–H groups in total. The third-order valence-electron chi connectivity index (χ3n) is 3.09. The van der Waals surface area contributed by atoms with Crippen molar-refractivity contribution in [2.45, 2.75) is 25.5 Å². The van der Waals surface area contributed by atoms with Gasteiger partial charge in [-0.15, -0.1) is 0 Å². The first-order valence-corrected chi connectivity index (χ1v) is 7.37. The number of benzene rings is 1. The van der Waals surface area contributed by atoms with Gasteiger partial charge >= 0.3 is 6.61 Å². The topological polar surface area (TPSA) is 30.5 Å². The Hall–Kier alpha value is -0.590. The van der Waals surface area contributed by atoms with Crippen LogP contribution in [0.15, 0.2) is 16.6 Å². The number of hydrogen-bond acceptors (Lipinski definition) is 3. The molecule has 20 heavy (non-hydrogen) atoms. The highest BCUT2D eigenvalue weighted by Crippen LogP contribution is 2.40. The van der Waals surface area contributed by atoms with Crippen molar-refractivity contribution in [1.29, 1.82) is 0 Å². The molecule has 0 saturated heterocycles. The molecule has 0 aromatic heterocycles. The average Bonchev–Trinajstić information content (AvgIpc) is 3.16. The Labute approximate surface area is 129 Å². The second kappa shape index (κ2) is 6.91. The summed E-state index contributed by atoms with van der Waals surface area (Å²) in [7, 11) is 1.61. The molecule has 112 valence electrons. The number of alkyl halides is 2. The average molecular weight is 371 g/mol. The summed E-state index contributed by atoms with van der Waals surface area (Å²) in [5.74, 6) is 0.554. The van der Waals surface area contributed by atoms with Gasteiger partial charge in [0.2, 0.25) is 0 Å². The Morgan fingerprint density at radius 3 is 2.70 bits per heavy atom. The van der Waals surface area contributed by atoms with Gasteiger partial charge in [0.15, 0.2) is 5.75 Å². The number of ether oxygens (including phenoxy) is 2. The number of anilines is 1. The summed E-state index contributed by atoms with van der Waals surface area (Å²) in [4.78, 5) is 0. The lowest BCUT2D eigenvalue weighted by Crippen LogP contribution is -2.27. The van der Waals surface area contributed by atoms with Gasteiger partial charge in [0.25, 0.3) is 0 Å². The van der Waals surface area contributed by atoms with E-state index in [0.717, 1.165) is 12.8 Å². The number of rotatable bonds is 7. The molecule has 1 aromatic carbocycles. The molecule has 1 aromatic rings. The zero-order chi connectivity index (χ0) is 14.7. The number of nitrogens with one attached hydrogen (secondary N) is 1. The van der Waals surface area contributed by atoms with E-state index in [1.807, 2.05) is 0 Å². The van der Waals surface area contributed by atoms with E-state index < -0.39 is 6.61 Å². The Morgan fingerprint density at radius 2 is 2.15 bits per heavy atom. The van der Waals surface area contributed by atoms with Gasteiger partial charge < -0.3 is 14.8 Å². The predicted octanol–water partition coefficient (Wildman–Crippen LogP) is 4.54. The molecule has 0 heterocycles. The summed E-state index contributed by atoms with van der Waals surface area (Å²) in [6, 6.07) is 3.16. The maximum atomic E-state index is 12.5. The van der Waals surface area contributed by atoms with Gasteiger partial charge in [-0.1, -0.05) is 11.6 Å². The van der Waals surface area contributed by atoms with E-state index in [9.17, 15) is 8.78 Å². The Balaban J connectivity index is 2.23.